The van der Waals surface area contributed by atoms with E-state index >= 15 is 0 Å². The van der Waals surface area contributed by atoms with Gasteiger partial charge in [-0.15, -0.1) is 0 Å². The lowest BCUT2D eigenvalue weighted by Gasteiger charge is -2.01. The van der Waals surface area contributed by atoms with Gasteiger partial charge in [0.2, 0.25) is 0 Å². The molecule has 0 bridgehead atoms. The third kappa shape index (κ3) is 1.81. The van der Waals surface area contributed by atoms with Gasteiger partial charge in [-0.25, -0.2) is 4.79 Å². The zero-order valence-electron chi connectivity index (χ0n) is 10.8. The fourth-order valence-electron chi connectivity index (χ4n) is 2.37. The van der Waals surface area contributed by atoms with Crippen molar-refractivity contribution < 1.29 is 9.90 Å². The standard InChI is InChI=1S/C15H14N2O2/c1-9-7-12(16-14(9)15(18)19)11-4-3-10-5-6-17(2)13(10)8-11/h3-8,16H,1-2H3,(H,18,19). The predicted octanol–water partition coefficient (Wildman–Crippen LogP) is 3.18. The number of nitrogens with zero attached hydrogens (tertiary/aromatic N) is 1. The number of H-pyrrole nitrogens is 1. The minimum absolute atomic E-state index is 0.252. The van der Waals surface area contributed by atoms with Crippen molar-refractivity contribution >= 4 is 16.9 Å². The smallest absolute Gasteiger partial charge is 0.352 e. The van der Waals surface area contributed by atoms with Crippen LogP contribution in [0.15, 0.2) is 36.5 Å². The second-order valence-corrected chi connectivity index (χ2v) is 4.75. The Morgan fingerprint density at radius 2 is 2.05 bits per heavy atom. The summed E-state index contributed by atoms with van der Waals surface area (Å²) in [6, 6.07) is 10.0. The van der Waals surface area contributed by atoms with Crippen LogP contribution in [0.1, 0.15) is 16.1 Å². The van der Waals surface area contributed by atoms with Crippen LogP contribution < -0.4 is 0 Å². The molecule has 3 rings (SSSR count). The van der Waals surface area contributed by atoms with Crippen LogP contribution in [-0.2, 0) is 7.05 Å². The van der Waals surface area contributed by atoms with E-state index in [9.17, 15) is 4.79 Å². The molecule has 0 saturated heterocycles. The van der Waals surface area contributed by atoms with Gasteiger partial charge >= 0.3 is 5.97 Å². The molecule has 96 valence electrons. The highest BCUT2D eigenvalue weighted by atomic mass is 16.4. The van der Waals surface area contributed by atoms with Crippen LogP contribution in [-0.4, -0.2) is 20.6 Å². The molecular formula is C15H14N2O2. The van der Waals surface area contributed by atoms with Crippen LogP contribution in [0.2, 0.25) is 0 Å². The first-order valence-corrected chi connectivity index (χ1v) is 6.04. The molecule has 0 atom stereocenters. The van der Waals surface area contributed by atoms with Gasteiger partial charge in [0, 0.05) is 30.0 Å². The Hall–Kier alpha value is -2.49. The minimum atomic E-state index is -0.927. The molecule has 0 aliphatic heterocycles. The topological polar surface area (TPSA) is 58.0 Å². The number of hydrogen-bond acceptors (Lipinski definition) is 1. The minimum Gasteiger partial charge on any atom is -0.477 e. The highest BCUT2D eigenvalue weighted by Crippen LogP contribution is 2.26. The first-order valence-electron chi connectivity index (χ1n) is 6.04. The second kappa shape index (κ2) is 4.02. The molecule has 0 unspecified atom stereocenters. The Labute approximate surface area is 110 Å². The number of rotatable bonds is 2. The zero-order valence-corrected chi connectivity index (χ0v) is 10.8. The average molecular weight is 254 g/mol. The quantitative estimate of drug-likeness (QED) is 0.738. The molecule has 0 saturated carbocycles. The second-order valence-electron chi connectivity index (χ2n) is 4.75. The lowest BCUT2D eigenvalue weighted by molar-refractivity contribution is 0.0690. The first-order chi connectivity index (χ1) is 9.06. The molecule has 2 N–H and O–H groups in total. The van der Waals surface area contributed by atoms with E-state index in [4.69, 9.17) is 5.11 Å². The molecular weight excluding hydrogens is 240 g/mol. The van der Waals surface area contributed by atoms with Crippen molar-refractivity contribution in [3.05, 3.63) is 47.8 Å². The zero-order chi connectivity index (χ0) is 13.6. The lowest BCUT2D eigenvalue weighted by Crippen LogP contribution is -1.98. The van der Waals surface area contributed by atoms with Crippen molar-refractivity contribution in [3.8, 4) is 11.3 Å². The summed E-state index contributed by atoms with van der Waals surface area (Å²) in [5.41, 5.74) is 3.95. The number of benzene rings is 1. The van der Waals surface area contributed by atoms with Crippen molar-refractivity contribution in [1.82, 2.24) is 9.55 Å². The first kappa shape index (κ1) is 11.6. The maximum Gasteiger partial charge on any atom is 0.352 e. The number of aromatic amines is 1. The van der Waals surface area contributed by atoms with Gasteiger partial charge in [-0.1, -0.05) is 12.1 Å². The van der Waals surface area contributed by atoms with E-state index in [1.54, 1.807) is 6.92 Å². The molecule has 1 aromatic carbocycles. The van der Waals surface area contributed by atoms with Gasteiger partial charge in [0.05, 0.1) is 0 Å². The number of aromatic nitrogens is 2. The number of carboxylic acids is 1. The molecule has 0 aliphatic rings. The Kier molecular flexibility index (Phi) is 2.45. The highest BCUT2D eigenvalue weighted by molar-refractivity contribution is 5.90. The fourth-order valence-corrected chi connectivity index (χ4v) is 2.37. The molecule has 0 fully saturated rings. The van der Waals surface area contributed by atoms with Gasteiger partial charge in [-0.3, -0.25) is 0 Å². The summed E-state index contributed by atoms with van der Waals surface area (Å²) in [7, 11) is 1.99. The van der Waals surface area contributed by atoms with Gasteiger partial charge < -0.3 is 14.7 Å². The molecule has 3 aromatic rings. The Morgan fingerprint density at radius 3 is 2.74 bits per heavy atom. The monoisotopic (exact) mass is 254 g/mol. The molecule has 0 amide bonds. The van der Waals surface area contributed by atoms with Crippen LogP contribution in [0, 0.1) is 6.92 Å². The molecule has 0 radical (unpaired) electrons. The summed E-state index contributed by atoms with van der Waals surface area (Å²) in [6.45, 7) is 1.80. The van der Waals surface area contributed by atoms with E-state index in [-0.39, 0.29) is 5.69 Å². The molecule has 2 aromatic heterocycles. The number of aromatic carboxylic acids is 1. The van der Waals surface area contributed by atoms with E-state index < -0.39 is 5.97 Å². The summed E-state index contributed by atoms with van der Waals surface area (Å²) in [4.78, 5) is 14.0. The Bertz CT molecular complexity index is 781. The fraction of sp³-hybridized carbons (Fsp3) is 0.133. The van der Waals surface area contributed by atoms with Crippen molar-refractivity contribution in [1.29, 1.82) is 0 Å². The molecule has 0 aliphatic carbocycles. The summed E-state index contributed by atoms with van der Waals surface area (Å²) in [6.07, 6.45) is 2.01. The molecule has 0 spiro atoms. The lowest BCUT2D eigenvalue weighted by atomic mass is 10.1. The largest absolute Gasteiger partial charge is 0.477 e. The summed E-state index contributed by atoms with van der Waals surface area (Å²) < 4.78 is 2.05. The number of carboxylic acid groups (broad SMARTS) is 1. The maximum atomic E-state index is 11.1. The van der Waals surface area contributed by atoms with Gasteiger partial charge in [-0.05, 0) is 36.1 Å². The van der Waals surface area contributed by atoms with Crippen LogP contribution in [0.5, 0.6) is 0 Å². The van der Waals surface area contributed by atoms with Crippen LogP contribution in [0.25, 0.3) is 22.2 Å². The average Bonchev–Trinajstić information content (AvgIpc) is 2.93. The van der Waals surface area contributed by atoms with E-state index in [1.165, 1.54) is 5.39 Å². The van der Waals surface area contributed by atoms with Gasteiger partial charge in [-0.2, -0.15) is 0 Å². The molecule has 4 heteroatoms. The number of fused-ring (bicyclic) bond motifs is 1. The van der Waals surface area contributed by atoms with Gasteiger partial charge in [0.15, 0.2) is 0 Å². The van der Waals surface area contributed by atoms with Crippen molar-refractivity contribution in [3.63, 3.8) is 0 Å². The molecule has 4 nitrogen and oxygen atoms in total. The Morgan fingerprint density at radius 1 is 1.26 bits per heavy atom. The van der Waals surface area contributed by atoms with Crippen molar-refractivity contribution in [2.24, 2.45) is 7.05 Å². The summed E-state index contributed by atoms with van der Waals surface area (Å²) >= 11 is 0. The third-order valence-corrected chi connectivity index (χ3v) is 3.43. The van der Waals surface area contributed by atoms with E-state index in [0.717, 1.165) is 22.3 Å². The van der Waals surface area contributed by atoms with E-state index in [1.807, 2.05) is 36.0 Å². The Balaban J connectivity index is 2.15. The maximum absolute atomic E-state index is 11.1. The van der Waals surface area contributed by atoms with Crippen LogP contribution in [0.4, 0.5) is 0 Å². The van der Waals surface area contributed by atoms with Crippen molar-refractivity contribution in [2.75, 3.05) is 0 Å². The van der Waals surface area contributed by atoms with Crippen LogP contribution in [0.3, 0.4) is 0 Å². The SMILES string of the molecule is Cc1cc(-c2ccc3ccn(C)c3c2)[nH]c1C(=O)O. The number of nitrogens with one attached hydrogen (secondary N) is 1. The highest BCUT2D eigenvalue weighted by Gasteiger charge is 2.12. The summed E-state index contributed by atoms with van der Waals surface area (Å²) in [5.74, 6) is -0.927. The van der Waals surface area contributed by atoms with E-state index in [0.29, 0.717) is 0 Å². The number of hydrogen-bond donors (Lipinski definition) is 2. The van der Waals surface area contributed by atoms with Gasteiger partial charge in [0.1, 0.15) is 5.69 Å². The number of aryl methyl sites for hydroxylation is 2. The molecule has 2 heterocycles. The number of carbonyl (C=O) groups is 1. The van der Waals surface area contributed by atoms with Crippen LogP contribution >= 0.6 is 0 Å². The normalized spacial score (nSPS) is 11.1. The van der Waals surface area contributed by atoms with Crippen molar-refractivity contribution in [2.45, 2.75) is 6.92 Å². The van der Waals surface area contributed by atoms with E-state index in [2.05, 4.69) is 17.1 Å². The predicted molar refractivity (Wildman–Crippen MR) is 74.4 cm³/mol. The summed E-state index contributed by atoms with van der Waals surface area (Å²) in [5, 5.41) is 10.2. The molecule has 19 heavy (non-hydrogen) atoms. The van der Waals surface area contributed by atoms with Gasteiger partial charge in [0.25, 0.3) is 0 Å². The third-order valence-electron chi connectivity index (χ3n) is 3.43.